The Morgan fingerprint density at radius 3 is 2.31 bits per heavy atom. The van der Waals surface area contributed by atoms with Crippen molar-refractivity contribution in [2.24, 2.45) is 0 Å². The molecule has 0 aliphatic heterocycles. The molecule has 0 fully saturated rings. The molecule has 0 radical (unpaired) electrons. The molecule has 0 saturated heterocycles. The fraction of sp³-hybridized carbons (Fsp3) is 0.300. The molecule has 1 atom stereocenters. The first-order valence-corrected chi connectivity index (χ1v) is 12.9. The van der Waals surface area contributed by atoms with Crippen molar-refractivity contribution >= 4 is 29.3 Å². The van der Waals surface area contributed by atoms with Gasteiger partial charge >= 0.3 is 12.0 Å². The molecular weight excluding hydrogens is 496 g/mol. The summed E-state index contributed by atoms with van der Waals surface area (Å²) in [6, 6.07) is 21.7. The highest BCUT2D eigenvalue weighted by molar-refractivity contribution is 6.01. The highest BCUT2D eigenvalue weighted by Gasteiger charge is 2.21. The zero-order chi connectivity index (χ0) is 28.2. The number of carbonyl (C=O) groups excluding carboxylic acids is 2. The van der Waals surface area contributed by atoms with Gasteiger partial charge in [-0.3, -0.25) is 14.5 Å². The van der Waals surface area contributed by atoms with Crippen molar-refractivity contribution in [1.29, 1.82) is 0 Å². The minimum Gasteiger partial charge on any atom is -0.495 e. The van der Waals surface area contributed by atoms with Gasteiger partial charge in [-0.1, -0.05) is 61.5 Å². The number of carboxylic acid groups (broad SMARTS) is 1. The molecule has 0 heterocycles. The lowest BCUT2D eigenvalue weighted by Crippen LogP contribution is -2.38. The summed E-state index contributed by atoms with van der Waals surface area (Å²) in [6.45, 7) is 4.92. The normalized spacial score (nSPS) is 11.5. The molecule has 0 aliphatic rings. The monoisotopic (exact) mass is 532 g/mol. The summed E-state index contributed by atoms with van der Waals surface area (Å²) in [5, 5.41) is 18.0. The van der Waals surface area contributed by atoms with E-state index in [2.05, 4.69) is 16.0 Å². The van der Waals surface area contributed by atoms with Crippen LogP contribution in [0.4, 0.5) is 16.2 Å². The van der Waals surface area contributed by atoms with Crippen LogP contribution in [0.15, 0.2) is 72.8 Å². The fourth-order valence-corrected chi connectivity index (χ4v) is 4.14. The second-order valence-corrected chi connectivity index (χ2v) is 9.19. The minimum atomic E-state index is -0.886. The van der Waals surface area contributed by atoms with Gasteiger partial charge in [0.05, 0.1) is 25.3 Å². The maximum atomic E-state index is 12.7. The van der Waals surface area contributed by atoms with E-state index in [1.54, 1.807) is 19.1 Å². The summed E-state index contributed by atoms with van der Waals surface area (Å²) in [5.74, 6) is -0.580. The van der Waals surface area contributed by atoms with E-state index in [0.717, 1.165) is 16.7 Å². The predicted molar refractivity (Wildman–Crippen MR) is 152 cm³/mol. The first-order chi connectivity index (χ1) is 18.8. The van der Waals surface area contributed by atoms with Crippen LogP contribution < -0.4 is 20.7 Å². The molecular formula is C30H36N4O5. The van der Waals surface area contributed by atoms with Crippen molar-refractivity contribution in [1.82, 2.24) is 10.2 Å². The zero-order valence-electron chi connectivity index (χ0n) is 22.6. The Kier molecular flexibility index (Phi) is 10.9. The van der Waals surface area contributed by atoms with Gasteiger partial charge in [-0.05, 0) is 41.8 Å². The van der Waals surface area contributed by atoms with Gasteiger partial charge in [-0.25, -0.2) is 4.79 Å². The number of methoxy groups -OCH3 is 1. The predicted octanol–water partition coefficient (Wildman–Crippen LogP) is 5.19. The number of anilines is 2. The molecule has 4 N–H and O–H groups in total. The first-order valence-electron chi connectivity index (χ1n) is 12.9. The zero-order valence-corrected chi connectivity index (χ0v) is 22.6. The highest BCUT2D eigenvalue weighted by Crippen LogP contribution is 2.29. The Hall–Kier alpha value is -4.37. The third kappa shape index (κ3) is 9.15. The van der Waals surface area contributed by atoms with Crippen molar-refractivity contribution in [2.75, 3.05) is 30.8 Å². The second-order valence-electron chi connectivity index (χ2n) is 9.19. The summed E-state index contributed by atoms with van der Waals surface area (Å²) in [6.07, 6.45) is 0.281. The lowest BCUT2D eigenvalue weighted by atomic mass is 10.0. The van der Waals surface area contributed by atoms with Crippen LogP contribution in [0.5, 0.6) is 5.75 Å². The van der Waals surface area contributed by atoms with E-state index in [1.807, 2.05) is 72.5 Å². The van der Waals surface area contributed by atoms with Crippen LogP contribution in [0, 0.1) is 6.92 Å². The SMILES string of the molecule is CCC(=O)NC(CN(CCC(=O)O)Cc1ccccc1)c1ccc(NC(=O)Nc2ccccc2C)c(OC)c1. The van der Waals surface area contributed by atoms with E-state index in [9.17, 15) is 19.5 Å². The van der Waals surface area contributed by atoms with Gasteiger partial charge in [-0.2, -0.15) is 0 Å². The molecule has 9 nitrogen and oxygen atoms in total. The Morgan fingerprint density at radius 2 is 1.64 bits per heavy atom. The molecule has 206 valence electrons. The third-order valence-electron chi connectivity index (χ3n) is 6.26. The number of carboxylic acids is 1. The summed E-state index contributed by atoms with van der Waals surface area (Å²) in [7, 11) is 1.51. The Morgan fingerprint density at radius 1 is 0.949 bits per heavy atom. The largest absolute Gasteiger partial charge is 0.495 e. The maximum Gasteiger partial charge on any atom is 0.323 e. The lowest BCUT2D eigenvalue weighted by molar-refractivity contribution is -0.137. The van der Waals surface area contributed by atoms with Gasteiger partial charge in [0, 0.05) is 31.7 Å². The number of ether oxygens (including phenoxy) is 1. The molecule has 1 unspecified atom stereocenters. The molecule has 0 aliphatic carbocycles. The number of urea groups is 1. The number of hydrogen-bond acceptors (Lipinski definition) is 5. The number of hydrogen-bond donors (Lipinski definition) is 4. The van der Waals surface area contributed by atoms with Crippen LogP contribution in [0.3, 0.4) is 0 Å². The number of para-hydroxylation sites is 1. The standard InChI is InChI=1S/C30H36N4O5/c1-4-28(35)31-26(20-34(17-16-29(36)37)19-22-11-6-5-7-12-22)23-14-15-25(27(18-23)39-3)33-30(38)32-24-13-9-8-10-21(24)2/h5-15,18,26H,4,16-17,19-20H2,1-3H3,(H,31,35)(H,36,37)(H2,32,33,38). The van der Waals surface area contributed by atoms with Crippen LogP contribution >= 0.6 is 0 Å². The average Bonchev–Trinajstić information content (AvgIpc) is 2.93. The number of carbonyl (C=O) groups is 3. The Labute approximate surface area is 229 Å². The number of rotatable bonds is 13. The van der Waals surface area contributed by atoms with Crippen molar-refractivity contribution < 1.29 is 24.2 Å². The molecule has 3 aromatic carbocycles. The van der Waals surface area contributed by atoms with Crippen LogP contribution in [-0.2, 0) is 16.1 Å². The van der Waals surface area contributed by atoms with Crippen molar-refractivity contribution in [3.8, 4) is 5.75 Å². The number of nitrogens with zero attached hydrogens (tertiary/aromatic N) is 1. The lowest BCUT2D eigenvalue weighted by Gasteiger charge is -2.29. The minimum absolute atomic E-state index is 0.0243. The summed E-state index contributed by atoms with van der Waals surface area (Å²) >= 11 is 0. The van der Waals surface area contributed by atoms with Crippen molar-refractivity contribution in [3.05, 3.63) is 89.5 Å². The molecule has 0 aromatic heterocycles. The molecule has 0 spiro atoms. The van der Waals surface area contributed by atoms with E-state index >= 15 is 0 Å². The van der Waals surface area contributed by atoms with Gasteiger partial charge in [0.2, 0.25) is 5.91 Å². The fourth-order valence-electron chi connectivity index (χ4n) is 4.14. The van der Waals surface area contributed by atoms with E-state index in [0.29, 0.717) is 43.2 Å². The van der Waals surface area contributed by atoms with Crippen LogP contribution in [0.2, 0.25) is 0 Å². The van der Waals surface area contributed by atoms with E-state index in [-0.39, 0.29) is 12.3 Å². The summed E-state index contributed by atoms with van der Waals surface area (Å²) < 4.78 is 5.58. The van der Waals surface area contributed by atoms with Gasteiger partial charge in [-0.15, -0.1) is 0 Å². The number of aryl methyl sites for hydroxylation is 1. The summed E-state index contributed by atoms with van der Waals surface area (Å²) in [4.78, 5) is 38.4. The van der Waals surface area contributed by atoms with Crippen molar-refractivity contribution in [3.63, 3.8) is 0 Å². The van der Waals surface area contributed by atoms with E-state index < -0.39 is 18.0 Å². The molecule has 9 heteroatoms. The molecule has 0 saturated carbocycles. The molecule has 3 rings (SSSR count). The van der Waals surface area contributed by atoms with Gasteiger partial charge in [0.1, 0.15) is 5.75 Å². The van der Waals surface area contributed by atoms with E-state index in [4.69, 9.17) is 4.74 Å². The van der Waals surface area contributed by atoms with Crippen LogP contribution in [-0.4, -0.2) is 48.1 Å². The number of amides is 3. The molecule has 3 aromatic rings. The van der Waals surface area contributed by atoms with E-state index in [1.165, 1.54) is 7.11 Å². The van der Waals surface area contributed by atoms with Crippen molar-refractivity contribution in [2.45, 2.75) is 39.3 Å². The van der Waals surface area contributed by atoms with Gasteiger partial charge in [0.25, 0.3) is 0 Å². The second kappa shape index (κ2) is 14.5. The first kappa shape index (κ1) is 29.2. The Balaban J connectivity index is 1.82. The highest BCUT2D eigenvalue weighted by atomic mass is 16.5. The molecule has 3 amide bonds. The quantitative estimate of drug-likeness (QED) is 0.240. The van der Waals surface area contributed by atoms with Gasteiger partial charge < -0.3 is 25.8 Å². The number of nitrogens with one attached hydrogen (secondary N) is 3. The molecule has 0 bridgehead atoms. The smallest absolute Gasteiger partial charge is 0.323 e. The van der Waals surface area contributed by atoms with Gasteiger partial charge in [0.15, 0.2) is 0 Å². The maximum absolute atomic E-state index is 12.7. The molecule has 39 heavy (non-hydrogen) atoms. The number of aliphatic carboxylic acids is 1. The van der Waals surface area contributed by atoms with Crippen LogP contribution in [0.25, 0.3) is 0 Å². The number of benzene rings is 3. The summed E-state index contributed by atoms with van der Waals surface area (Å²) in [5.41, 5.74) is 3.92. The third-order valence-corrected chi connectivity index (χ3v) is 6.26. The van der Waals surface area contributed by atoms with Crippen LogP contribution in [0.1, 0.15) is 42.5 Å². The topological polar surface area (TPSA) is 120 Å². The average molecular weight is 533 g/mol. The Bertz CT molecular complexity index is 1270.